The Morgan fingerprint density at radius 3 is 2.58 bits per heavy atom. The zero-order valence-corrected chi connectivity index (χ0v) is 15.5. The Morgan fingerprint density at radius 2 is 1.92 bits per heavy atom. The largest absolute Gasteiger partial charge is 0.445 e. The smallest absolute Gasteiger partial charge is 0.410 e. The van der Waals surface area contributed by atoms with Crippen molar-refractivity contribution in [2.24, 2.45) is 0 Å². The van der Waals surface area contributed by atoms with E-state index in [0.29, 0.717) is 19.6 Å². The highest BCUT2D eigenvalue weighted by Crippen LogP contribution is 2.17. The third-order valence-corrected chi connectivity index (χ3v) is 5.59. The highest BCUT2D eigenvalue weighted by molar-refractivity contribution is 7.90. The van der Waals surface area contributed by atoms with Crippen LogP contribution in [-0.4, -0.2) is 56.9 Å². The van der Waals surface area contributed by atoms with Crippen LogP contribution in [0, 0.1) is 0 Å². The van der Waals surface area contributed by atoms with Gasteiger partial charge in [-0.3, -0.25) is 9.52 Å². The van der Waals surface area contributed by atoms with Crippen molar-refractivity contribution in [2.75, 3.05) is 26.3 Å². The van der Waals surface area contributed by atoms with Crippen LogP contribution in [0.5, 0.6) is 0 Å². The maximum absolute atomic E-state index is 12.1. The predicted molar refractivity (Wildman–Crippen MR) is 94.8 cm³/mol. The second-order valence-electron chi connectivity index (χ2n) is 5.94. The summed E-state index contributed by atoms with van der Waals surface area (Å²) in [4.78, 5) is 24.9. The molecule has 1 aromatic carbocycles. The summed E-state index contributed by atoms with van der Waals surface area (Å²) in [6.07, 6.45) is -0.0320. The van der Waals surface area contributed by atoms with Crippen molar-refractivity contribution < 1.29 is 27.5 Å². The molecule has 1 aliphatic rings. The van der Waals surface area contributed by atoms with Crippen molar-refractivity contribution in [3.8, 4) is 0 Å². The standard InChI is InChI=1S/C17H24N2O6S/c1-2-24-10-6-9-16(20)18-26(22,23)15-11-19(12-15)17(21)25-13-14-7-4-3-5-8-14/h3-5,7-8,15H,2,6,9-13H2,1H3,(H,18,20). The van der Waals surface area contributed by atoms with Gasteiger partial charge in [0, 0.05) is 32.7 Å². The van der Waals surface area contributed by atoms with Crippen LogP contribution in [0.1, 0.15) is 25.3 Å². The van der Waals surface area contributed by atoms with E-state index in [9.17, 15) is 18.0 Å². The SMILES string of the molecule is CCOCCCC(=O)NS(=O)(=O)C1CN(C(=O)OCc2ccccc2)C1. The number of nitrogens with one attached hydrogen (secondary N) is 1. The molecule has 144 valence electrons. The van der Waals surface area contributed by atoms with Crippen molar-refractivity contribution >= 4 is 22.0 Å². The first-order valence-electron chi connectivity index (χ1n) is 8.50. The molecule has 0 atom stereocenters. The number of ether oxygens (including phenoxy) is 2. The third kappa shape index (κ3) is 5.99. The molecule has 0 aromatic heterocycles. The van der Waals surface area contributed by atoms with Gasteiger partial charge in [0.15, 0.2) is 0 Å². The van der Waals surface area contributed by atoms with E-state index in [0.717, 1.165) is 5.56 Å². The Kier molecular flexibility index (Phi) is 7.40. The Morgan fingerprint density at radius 1 is 1.23 bits per heavy atom. The van der Waals surface area contributed by atoms with Gasteiger partial charge in [0.25, 0.3) is 0 Å². The molecule has 1 fully saturated rings. The van der Waals surface area contributed by atoms with Gasteiger partial charge in [-0.2, -0.15) is 0 Å². The number of hydrogen-bond acceptors (Lipinski definition) is 6. The van der Waals surface area contributed by atoms with Crippen LogP contribution in [0.3, 0.4) is 0 Å². The second kappa shape index (κ2) is 9.54. The molecule has 1 heterocycles. The monoisotopic (exact) mass is 384 g/mol. The molecule has 1 saturated heterocycles. The molecular formula is C17H24N2O6S. The number of nitrogens with zero attached hydrogens (tertiary/aromatic N) is 1. The Balaban J connectivity index is 1.70. The number of sulfonamides is 1. The molecule has 2 amide bonds. The molecule has 8 nitrogen and oxygen atoms in total. The van der Waals surface area contributed by atoms with Crippen molar-refractivity contribution in [1.82, 2.24) is 9.62 Å². The fourth-order valence-corrected chi connectivity index (χ4v) is 3.70. The lowest BCUT2D eigenvalue weighted by Crippen LogP contribution is -2.59. The highest BCUT2D eigenvalue weighted by Gasteiger charge is 2.41. The van der Waals surface area contributed by atoms with Gasteiger partial charge >= 0.3 is 6.09 Å². The summed E-state index contributed by atoms with van der Waals surface area (Å²) in [5.74, 6) is -0.560. The number of hydrogen-bond donors (Lipinski definition) is 1. The lowest BCUT2D eigenvalue weighted by molar-refractivity contribution is -0.119. The van der Waals surface area contributed by atoms with E-state index in [1.165, 1.54) is 4.90 Å². The van der Waals surface area contributed by atoms with E-state index in [1.807, 2.05) is 37.3 Å². The van der Waals surface area contributed by atoms with E-state index in [1.54, 1.807) is 0 Å². The van der Waals surface area contributed by atoms with Gasteiger partial charge in [0.1, 0.15) is 11.9 Å². The zero-order valence-electron chi connectivity index (χ0n) is 14.7. The summed E-state index contributed by atoms with van der Waals surface area (Å²) >= 11 is 0. The molecule has 0 unspecified atom stereocenters. The average Bonchev–Trinajstić information content (AvgIpc) is 2.56. The minimum atomic E-state index is -3.79. The van der Waals surface area contributed by atoms with Crippen molar-refractivity contribution in [1.29, 1.82) is 0 Å². The van der Waals surface area contributed by atoms with Crippen LogP contribution in [0.2, 0.25) is 0 Å². The molecule has 1 N–H and O–H groups in total. The quantitative estimate of drug-likeness (QED) is 0.643. The van der Waals surface area contributed by atoms with Crippen LogP contribution in [-0.2, 0) is 30.9 Å². The number of likely N-dealkylation sites (tertiary alicyclic amines) is 1. The van der Waals surface area contributed by atoms with E-state index in [4.69, 9.17) is 9.47 Å². The summed E-state index contributed by atoms with van der Waals surface area (Å²) in [7, 11) is -3.79. The molecule has 0 saturated carbocycles. The minimum Gasteiger partial charge on any atom is -0.445 e. The summed E-state index contributed by atoms with van der Waals surface area (Å²) in [5, 5.41) is -0.803. The first-order valence-corrected chi connectivity index (χ1v) is 10.0. The van der Waals surface area contributed by atoms with Crippen LogP contribution in [0.4, 0.5) is 4.79 Å². The van der Waals surface area contributed by atoms with Gasteiger partial charge in [-0.25, -0.2) is 13.2 Å². The fraction of sp³-hybridized carbons (Fsp3) is 0.529. The normalized spacial score (nSPS) is 14.6. The molecule has 1 aliphatic heterocycles. The molecular weight excluding hydrogens is 360 g/mol. The topological polar surface area (TPSA) is 102 Å². The van der Waals surface area contributed by atoms with Gasteiger partial charge in [0.2, 0.25) is 15.9 Å². The minimum absolute atomic E-state index is 0.00911. The number of rotatable bonds is 9. The fourth-order valence-electron chi connectivity index (χ4n) is 2.37. The Hall–Kier alpha value is -2.13. The first-order chi connectivity index (χ1) is 12.4. The Bertz CT molecular complexity index is 701. The summed E-state index contributed by atoms with van der Waals surface area (Å²) in [6.45, 7) is 2.96. The van der Waals surface area contributed by atoms with Crippen LogP contribution >= 0.6 is 0 Å². The molecule has 0 spiro atoms. The number of amides is 2. The maximum atomic E-state index is 12.1. The van der Waals surface area contributed by atoms with Gasteiger partial charge in [-0.1, -0.05) is 30.3 Å². The van der Waals surface area contributed by atoms with Crippen molar-refractivity contribution in [3.63, 3.8) is 0 Å². The molecule has 1 aromatic rings. The van der Waals surface area contributed by atoms with E-state index >= 15 is 0 Å². The lowest BCUT2D eigenvalue weighted by Gasteiger charge is -2.37. The molecule has 0 radical (unpaired) electrons. The van der Waals surface area contributed by atoms with Crippen LogP contribution < -0.4 is 4.72 Å². The van der Waals surface area contributed by atoms with E-state index in [-0.39, 0.29) is 26.1 Å². The Labute approximate surface area is 153 Å². The molecule has 0 aliphatic carbocycles. The van der Waals surface area contributed by atoms with E-state index in [2.05, 4.69) is 4.72 Å². The maximum Gasteiger partial charge on any atom is 0.410 e. The molecule has 2 rings (SSSR count). The number of carbonyl (C=O) groups is 2. The van der Waals surface area contributed by atoms with Gasteiger partial charge in [-0.15, -0.1) is 0 Å². The summed E-state index contributed by atoms with van der Waals surface area (Å²) < 4.78 is 36.5. The molecule has 9 heteroatoms. The van der Waals surface area contributed by atoms with Gasteiger partial charge in [0.05, 0.1) is 0 Å². The second-order valence-corrected chi connectivity index (χ2v) is 7.90. The van der Waals surface area contributed by atoms with Gasteiger partial charge in [-0.05, 0) is 18.9 Å². The predicted octanol–water partition coefficient (Wildman–Crippen LogP) is 1.27. The van der Waals surface area contributed by atoms with Crippen molar-refractivity contribution in [3.05, 3.63) is 35.9 Å². The van der Waals surface area contributed by atoms with Crippen LogP contribution in [0.15, 0.2) is 30.3 Å². The first kappa shape index (κ1) is 20.2. The van der Waals surface area contributed by atoms with Crippen LogP contribution in [0.25, 0.3) is 0 Å². The number of carbonyl (C=O) groups excluding carboxylic acids is 2. The highest BCUT2D eigenvalue weighted by atomic mass is 32.2. The molecule has 26 heavy (non-hydrogen) atoms. The van der Waals surface area contributed by atoms with Crippen molar-refractivity contribution in [2.45, 2.75) is 31.6 Å². The summed E-state index contributed by atoms with van der Waals surface area (Å²) in [5.41, 5.74) is 0.852. The third-order valence-electron chi connectivity index (χ3n) is 3.90. The summed E-state index contributed by atoms with van der Waals surface area (Å²) in [6, 6.07) is 9.20. The number of benzene rings is 1. The van der Waals surface area contributed by atoms with E-state index < -0.39 is 27.3 Å². The average molecular weight is 384 g/mol. The zero-order chi connectivity index (χ0) is 19.0. The lowest BCUT2D eigenvalue weighted by atomic mass is 10.2. The van der Waals surface area contributed by atoms with Gasteiger partial charge < -0.3 is 14.4 Å². The molecule has 0 bridgehead atoms.